The lowest BCUT2D eigenvalue weighted by Gasteiger charge is -2.23. The van der Waals surface area contributed by atoms with Crippen LogP contribution in [0.3, 0.4) is 0 Å². The van der Waals surface area contributed by atoms with Gasteiger partial charge in [0.25, 0.3) is 0 Å². The normalized spacial score (nSPS) is 25.0. The highest BCUT2D eigenvalue weighted by atomic mass is 14.9. The minimum atomic E-state index is 0.590. The second-order valence-electron chi connectivity index (χ2n) is 3.24. The summed E-state index contributed by atoms with van der Waals surface area (Å²) in [5, 5.41) is 3.42. The van der Waals surface area contributed by atoms with E-state index in [1.54, 1.807) is 0 Å². The summed E-state index contributed by atoms with van der Waals surface area (Å²) < 4.78 is 0. The van der Waals surface area contributed by atoms with Crippen LogP contribution in [-0.2, 0) is 0 Å². The van der Waals surface area contributed by atoms with E-state index in [9.17, 15) is 0 Å². The molecule has 1 heteroatoms. The second-order valence-corrected chi connectivity index (χ2v) is 3.24. The van der Waals surface area contributed by atoms with Crippen LogP contribution < -0.4 is 5.32 Å². The largest absolute Gasteiger partial charge is 0.310 e. The van der Waals surface area contributed by atoms with Crippen molar-refractivity contribution in [2.24, 2.45) is 0 Å². The van der Waals surface area contributed by atoms with Gasteiger partial charge in [0.15, 0.2) is 0 Å². The molecular formula is C11H17N. The van der Waals surface area contributed by atoms with Gasteiger partial charge in [0, 0.05) is 12.6 Å². The molecule has 1 heterocycles. The molecule has 0 radical (unpaired) electrons. The van der Waals surface area contributed by atoms with Gasteiger partial charge in [0.1, 0.15) is 0 Å². The van der Waals surface area contributed by atoms with E-state index in [0.717, 1.165) is 13.0 Å². The molecule has 0 saturated heterocycles. The van der Waals surface area contributed by atoms with Crippen LogP contribution in [-0.4, -0.2) is 12.6 Å². The smallest absolute Gasteiger partial charge is 0.0210 e. The monoisotopic (exact) mass is 163 g/mol. The van der Waals surface area contributed by atoms with Crippen LogP contribution >= 0.6 is 0 Å². The Kier molecular flexibility index (Phi) is 3.30. The minimum Gasteiger partial charge on any atom is -0.310 e. The maximum atomic E-state index is 3.83. The summed E-state index contributed by atoms with van der Waals surface area (Å²) in [5.74, 6) is 0. The zero-order valence-corrected chi connectivity index (χ0v) is 7.93. The van der Waals surface area contributed by atoms with Gasteiger partial charge in [-0.2, -0.15) is 0 Å². The molecule has 1 nitrogen and oxygen atoms in total. The van der Waals surface area contributed by atoms with Gasteiger partial charge in [-0.3, -0.25) is 0 Å². The molecule has 0 aromatic rings. The Balaban J connectivity index is 2.83. The molecular weight excluding hydrogens is 146 g/mol. The average molecular weight is 163 g/mol. The van der Waals surface area contributed by atoms with E-state index in [1.165, 1.54) is 11.1 Å². The van der Waals surface area contributed by atoms with E-state index < -0.39 is 0 Å². The van der Waals surface area contributed by atoms with Crippen LogP contribution in [0.15, 0.2) is 36.0 Å². The van der Waals surface area contributed by atoms with Crippen molar-refractivity contribution in [3.63, 3.8) is 0 Å². The van der Waals surface area contributed by atoms with E-state index in [0.29, 0.717) is 6.04 Å². The Morgan fingerprint density at radius 3 is 2.83 bits per heavy atom. The first-order chi connectivity index (χ1) is 5.77. The molecule has 1 aliphatic heterocycles. The zero-order valence-electron chi connectivity index (χ0n) is 7.93. The van der Waals surface area contributed by atoms with Crippen molar-refractivity contribution in [2.45, 2.75) is 26.3 Å². The van der Waals surface area contributed by atoms with Crippen LogP contribution in [0.1, 0.15) is 20.3 Å². The summed E-state index contributed by atoms with van der Waals surface area (Å²) in [7, 11) is 0. The van der Waals surface area contributed by atoms with Crippen molar-refractivity contribution in [1.82, 2.24) is 5.32 Å². The summed E-state index contributed by atoms with van der Waals surface area (Å²) in [5.41, 5.74) is 2.77. The van der Waals surface area contributed by atoms with Gasteiger partial charge in [-0.25, -0.2) is 0 Å². The first-order valence-corrected chi connectivity index (χ1v) is 4.48. The first-order valence-electron chi connectivity index (χ1n) is 4.48. The highest BCUT2D eigenvalue weighted by Crippen LogP contribution is 2.17. The fourth-order valence-corrected chi connectivity index (χ4v) is 1.51. The topological polar surface area (TPSA) is 12.0 Å². The van der Waals surface area contributed by atoms with E-state index in [-0.39, 0.29) is 0 Å². The van der Waals surface area contributed by atoms with Gasteiger partial charge in [-0.1, -0.05) is 24.8 Å². The standard InChI is InChI=1S/C11H17N/c1-4-6-11-8-12-9(3)7-10(11)5-2/h4-6,9,12H,2,7-8H2,1,3H3/b6-4-. The van der Waals surface area contributed by atoms with E-state index in [1.807, 2.05) is 13.0 Å². The lowest BCUT2D eigenvalue weighted by atomic mass is 9.96. The number of hydrogen-bond acceptors (Lipinski definition) is 1. The molecule has 12 heavy (non-hydrogen) atoms. The van der Waals surface area contributed by atoms with Crippen LogP contribution in [0, 0.1) is 0 Å². The molecule has 0 aromatic carbocycles. The number of hydrogen-bond donors (Lipinski definition) is 1. The Morgan fingerprint density at radius 1 is 1.50 bits per heavy atom. The fraction of sp³-hybridized carbons (Fsp3) is 0.455. The molecule has 0 aliphatic carbocycles. The summed E-state index contributed by atoms with van der Waals surface area (Å²) in [6.45, 7) is 9.06. The minimum absolute atomic E-state index is 0.590. The average Bonchev–Trinajstić information content (AvgIpc) is 2.08. The molecule has 1 atom stereocenters. The highest BCUT2D eigenvalue weighted by molar-refractivity contribution is 5.35. The molecule has 1 aliphatic rings. The molecule has 0 aromatic heterocycles. The molecule has 66 valence electrons. The third kappa shape index (κ3) is 2.08. The van der Waals surface area contributed by atoms with Gasteiger partial charge in [0.05, 0.1) is 0 Å². The summed E-state index contributed by atoms with van der Waals surface area (Å²) in [4.78, 5) is 0. The third-order valence-corrected chi connectivity index (χ3v) is 2.19. The zero-order chi connectivity index (χ0) is 8.97. The molecule has 1 N–H and O–H groups in total. The highest BCUT2D eigenvalue weighted by Gasteiger charge is 2.12. The van der Waals surface area contributed by atoms with Crippen LogP contribution in [0.2, 0.25) is 0 Å². The van der Waals surface area contributed by atoms with Gasteiger partial charge >= 0.3 is 0 Å². The van der Waals surface area contributed by atoms with Crippen LogP contribution in [0.5, 0.6) is 0 Å². The molecule has 0 spiro atoms. The van der Waals surface area contributed by atoms with Crippen molar-refractivity contribution in [3.05, 3.63) is 36.0 Å². The SMILES string of the molecule is C=CC1=C(/C=C\C)CNC(C)C1. The molecule has 0 saturated carbocycles. The Hall–Kier alpha value is -0.820. The van der Waals surface area contributed by atoms with Crippen molar-refractivity contribution in [1.29, 1.82) is 0 Å². The second kappa shape index (κ2) is 4.27. The lowest BCUT2D eigenvalue weighted by Crippen LogP contribution is -2.32. The Morgan fingerprint density at radius 2 is 2.25 bits per heavy atom. The van der Waals surface area contributed by atoms with Crippen molar-refractivity contribution >= 4 is 0 Å². The molecule has 1 rings (SSSR count). The molecule has 0 bridgehead atoms. The fourth-order valence-electron chi connectivity index (χ4n) is 1.51. The van der Waals surface area contributed by atoms with Crippen molar-refractivity contribution in [3.8, 4) is 0 Å². The van der Waals surface area contributed by atoms with Crippen LogP contribution in [0.25, 0.3) is 0 Å². The maximum absolute atomic E-state index is 3.83. The van der Waals surface area contributed by atoms with Crippen molar-refractivity contribution in [2.75, 3.05) is 6.54 Å². The van der Waals surface area contributed by atoms with Gasteiger partial charge in [-0.05, 0) is 31.4 Å². The van der Waals surface area contributed by atoms with Gasteiger partial charge in [-0.15, -0.1) is 0 Å². The summed E-state index contributed by atoms with van der Waals surface area (Å²) in [6, 6.07) is 0.590. The quantitative estimate of drug-likeness (QED) is 0.659. The number of allylic oxidation sites excluding steroid dienone is 2. The predicted molar refractivity (Wildman–Crippen MR) is 54.1 cm³/mol. The molecule has 1 unspecified atom stereocenters. The Bertz CT molecular complexity index is 223. The van der Waals surface area contributed by atoms with Crippen molar-refractivity contribution < 1.29 is 0 Å². The van der Waals surface area contributed by atoms with Gasteiger partial charge in [0.2, 0.25) is 0 Å². The summed E-state index contributed by atoms with van der Waals surface area (Å²) >= 11 is 0. The molecule has 0 amide bonds. The van der Waals surface area contributed by atoms with Crippen LogP contribution in [0.4, 0.5) is 0 Å². The van der Waals surface area contributed by atoms with E-state index in [2.05, 4.69) is 31.0 Å². The van der Waals surface area contributed by atoms with E-state index in [4.69, 9.17) is 0 Å². The first kappa shape index (κ1) is 9.27. The predicted octanol–water partition coefficient (Wildman–Crippen LogP) is 2.43. The number of nitrogens with one attached hydrogen (secondary N) is 1. The third-order valence-electron chi connectivity index (χ3n) is 2.19. The van der Waals surface area contributed by atoms with Gasteiger partial charge < -0.3 is 5.32 Å². The number of rotatable bonds is 2. The summed E-state index contributed by atoms with van der Waals surface area (Å²) in [6.07, 6.45) is 7.32. The maximum Gasteiger partial charge on any atom is 0.0210 e. The van der Waals surface area contributed by atoms with E-state index >= 15 is 0 Å². The Labute approximate surface area is 74.9 Å². The molecule has 0 fully saturated rings. The lowest BCUT2D eigenvalue weighted by molar-refractivity contribution is 0.549.